The number of ether oxygens (including phenoxy) is 1. The second kappa shape index (κ2) is 10.5. The molecule has 0 spiro atoms. The van der Waals surface area contributed by atoms with Crippen LogP contribution in [0.5, 0.6) is 0 Å². The van der Waals surface area contributed by atoms with E-state index in [0.717, 1.165) is 35.2 Å². The molecule has 0 radical (unpaired) electrons. The van der Waals surface area contributed by atoms with Gasteiger partial charge in [-0.2, -0.15) is 5.26 Å². The number of carbonyl (C=O) groups excluding carboxylic acids is 1. The molecule has 4 rings (SSSR count). The van der Waals surface area contributed by atoms with Gasteiger partial charge in [0, 0.05) is 26.1 Å². The predicted molar refractivity (Wildman–Crippen MR) is 134 cm³/mol. The molecular weight excluding hydrogens is 444 g/mol. The van der Waals surface area contributed by atoms with Crippen LogP contribution in [0.2, 0.25) is 0 Å². The highest BCUT2D eigenvalue weighted by atomic mass is 16.5. The molecule has 8 nitrogen and oxygen atoms in total. The first-order valence-corrected chi connectivity index (χ1v) is 12.0. The summed E-state index contributed by atoms with van der Waals surface area (Å²) >= 11 is 0. The third-order valence-electron chi connectivity index (χ3n) is 5.94. The van der Waals surface area contributed by atoms with Crippen molar-refractivity contribution in [3.8, 4) is 17.2 Å². The Morgan fingerprint density at radius 1 is 1.23 bits per heavy atom. The molecule has 184 valence electrons. The molecule has 1 aromatic heterocycles. The summed E-state index contributed by atoms with van der Waals surface area (Å²) in [5, 5.41) is 15.5. The van der Waals surface area contributed by atoms with Crippen LogP contribution in [-0.4, -0.2) is 42.3 Å². The molecule has 0 bridgehead atoms. The van der Waals surface area contributed by atoms with Gasteiger partial charge in [0.2, 0.25) is 0 Å². The van der Waals surface area contributed by atoms with Gasteiger partial charge in [-0.25, -0.2) is 4.79 Å². The predicted octanol–water partition coefficient (Wildman–Crippen LogP) is 3.24. The normalized spacial score (nSPS) is 17.5. The summed E-state index contributed by atoms with van der Waals surface area (Å²) in [6, 6.07) is 15.1. The van der Waals surface area contributed by atoms with E-state index in [-0.39, 0.29) is 17.1 Å². The van der Waals surface area contributed by atoms with Gasteiger partial charge in [0.25, 0.3) is 5.91 Å². The second-order valence-electron chi connectivity index (χ2n) is 10.2. The van der Waals surface area contributed by atoms with Crippen molar-refractivity contribution >= 4 is 17.0 Å². The largest absolute Gasteiger partial charge is 0.419 e. The highest BCUT2D eigenvalue weighted by molar-refractivity contribution is 5.82. The Kier molecular flexibility index (Phi) is 7.39. The van der Waals surface area contributed by atoms with E-state index >= 15 is 0 Å². The Morgan fingerprint density at radius 2 is 1.97 bits per heavy atom. The summed E-state index contributed by atoms with van der Waals surface area (Å²) in [5.74, 6) is -0.616. The number of fused-ring (bicyclic) bond motifs is 1. The van der Waals surface area contributed by atoms with Crippen LogP contribution in [0.25, 0.3) is 22.2 Å². The zero-order chi connectivity index (χ0) is 25.0. The van der Waals surface area contributed by atoms with E-state index in [1.165, 1.54) is 0 Å². The maximum absolute atomic E-state index is 12.5. The molecular formula is C27H32N4O4. The SMILES string of the molecule is CC(C)(C)Cn1c(=O)oc2ccc(-c3ccc(C[C@@H](C#N)NC(=O)[C@@H]4CNCCCO4)cc3)cc21. The Morgan fingerprint density at radius 3 is 2.69 bits per heavy atom. The monoisotopic (exact) mass is 476 g/mol. The zero-order valence-electron chi connectivity index (χ0n) is 20.5. The molecule has 0 aliphatic carbocycles. The van der Waals surface area contributed by atoms with E-state index in [4.69, 9.17) is 9.15 Å². The van der Waals surface area contributed by atoms with Gasteiger partial charge >= 0.3 is 5.76 Å². The van der Waals surface area contributed by atoms with Crippen molar-refractivity contribution in [2.75, 3.05) is 19.7 Å². The van der Waals surface area contributed by atoms with Crippen molar-refractivity contribution in [3.05, 3.63) is 58.6 Å². The molecule has 1 aliphatic heterocycles. The van der Waals surface area contributed by atoms with Gasteiger partial charge in [-0.05, 0) is 47.2 Å². The van der Waals surface area contributed by atoms with Gasteiger partial charge < -0.3 is 19.8 Å². The van der Waals surface area contributed by atoms with Crippen LogP contribution in [0.1, 0.15) is 32.8 Å². The number of rotatable bonds is 6. The van der Waals surface area contributed by atoms with Crippen molar-refractivity contribution < 1.29 is 13.9 Å². The summed E-state index contributed by atoms with van der Waals surface area (Å²) in [4.78, 5) is 24.9. The van der Waals surface area contributed by atoms with Crippen LogP contribution < -0.4 is 16.4 Å². The molecule has 0 saturated carbocycles. The molecule has 2 aromatic carbocycles. The van der Waals surface area contributed by atoms with Gasteiger partial charge in [0.1, 0.15) is 12.1 Å². The number of benzene rings is 2. The fourth-order valence-corrected chi connectivity index (χ4v) is 4.21. The van der Waals surface area contributed by atoms with E-state index in [1.807, 2.05) is 42.5 Å². The Bertz CT molecular complexity index is 1270. The fourth-order valence-electron chi connectivity index (χ4n) is 4.21. The van der Waals surface area contributed by atoms with Crippen LogP contribution in [0, 0.1) is 16.7 Å². The van der Waals surface area contributed by atoms with Gasteiger partial charge in [-0.15, -0.1) is 0 Å². The molecule has 2 heterocycles. The van der Waals surface area contributed by atoms with Crippen molar-refractivity contribution in [2.45, 2.75) is 52.3 Å². The number of hydrogen-bond acceptors (Lipinski definition) is 6. The van der Waals surface area contributed by atoms with Crippen molar-refractivity contribution in [1.82, 2.24) is 15.2 Å². The van der Waals surface area contributed by atoms with E-state index in [1.54, 1.807) is 4.57 Å². The molecule has 2 N–H and O–H groups in total. The second-order valence-corrected chi connectivity index (χ2v) is 10.2. The molecule has 1 aliphatic rings. The average molecular weight is 477 g/mol. The quantitative estimate of drug-likeness (QED) is 0.565. The van der Waals surface area contributed by atoms with Gasteiger partial charge in [-0.1, -0.05) is 51.1 Å². The Labute approximate surface area is 204 Å². The van der Waals surface area contributed by atoms with Crippen LogP contribution >= 0.6 is 0 Å². The first kappa shape index (κ1) is 24.7. The molecule has 1 fully saturated rings. The number of carbonyl (C=O) groups is 1. The molecule has 3 aromatic rings. The van der Waals surface area contributed by atoms with Crippen molar-refractivity contribution in [2.24, 2.45) is 5.41 Å². The van der Waals surface area contributed by atoms with Crippen LogP contribution in [0.15, 0.2) is 51.7 Å². The summed E-state index contributed by atoms with van der Waals surface area (Å²) in [6.07, 6.45) is 0.679. The number of nitriles is 1. The lowest BCUT2D eigenvalue weighted by Crippen LogP contribution is -2.46. The number of nitrogens with zero attached hydrogens (tertiary/aromatic N) is 2. The smallest absolute Gasteiger partial charge is 0.408 e. The van der Waals surface area contributed by atoms with Crippen LogP contribution in [0.4, 0.5) is 0 Å². The summed E-state index contributed by atoms with van der Waals surface area (Å²) < 4.78 is 12.7. The van der Waals surface area contributed by atoms with E-state index in [9.17, 15) is 14.9 Å². The lowest BCUT2D eigenvalue weighted by Gasteiger charge is -2.18. The highest BCUT2D eigenvalue weighted by Gasteiger charge is 2.23. The first-order valence-electron chi connectivity index (χ1n) is 12.0. The maximum atomic E-state index is 12.5. The molecule has 2 atom stereocenters. The number of oxazole rings is 1. The van der Waals surface area contributed by atoms with Crippen LogP contribution in [0.3, 0.4) is 0 Å². The standard InChI is InChI=1S/C27H32N4O4/c1-27(2,3)17-31-22-14-20(9-10-23(22)35-26(31)33)19-7-5-18(6-8-19)13-21(15-28)30-25(32)24-16-29-11-4-12-34-24/h5-10,14,21,24,29H,4,11-13,16-17H2,1-3H3,(H,30,32)/t21-,24-/m0/s1. The Balaban J connectivity index is 1.47. The van der Waals surface area contributed by atoms with Gasteiger partial charge in [0.05, 0.1) is 11.6 Å². The average Bonchev–Trinajstić information content (AvgIpc) is 2.99. The van der Waals surface area contributed by atoms with E-state index in [2.05, 4.69) is 37.5 Å². The number of nitrogens with one attached hydrogen (secondary N) is 2. The van der Waals surface area contributed by atoms with E-state index < -0.39 is 12.1 Å². The zero-order valence-corrected chi connectivity index (χ0v) is 20.5. The van der Waals surface area contributed by atoms with Crippen molar-refractivity contribution in [1.29, 1.82) is 5.26 Å². The molecule has 0 unspecified atom stereocenters. The third kappa shape index (κ3) is 6.18. The molecule has 8 heteroatoms. The molecule has 35 heavy (non-hydrogen) atoms. The van der Waals surface area contributed by atoms with E-state index in [0.29, 0.717) is 31.7 Å². The number of aromatic nitrogens is 1. The van der Waals surface area contributed by atoms with Gasteiger partial charge in [-0.3, -0.25) is 9.36 Å². The summed E-state index contributed by atoms with van der Waals surface area (Å²) in [6.45, 7) is 8.60. The number of hydrogen-bond donors (Lipinski definition) is 2. The lowest BCUT2D eigenvalue weighted by molar-refractivity contribution is -0.132. The minimum Gasteiger partial charge on any atom is -0.408 e. The highest BCUT2D eigenvalue weighted by Crippen LogP contribution is 2.26. The first-order chi connectivity index (χ1) is 16.7. The third-order valence-corrected chi connectivity index (χ3v) is 5.94. The molecule has 1 saturated heterocycles. The minimum absolute atomic E-state index is 0.0656. The maximum Gasteiger partial charge on any atom is 0.419 e. The fraction of sp³-hybridized carbons (Fsp3) is 0.444. The van der Waals surface area contributed by atoms with Crippen LogP contribution in [-0.2, 0) is 22.5 Å². The minimum atomic E-state index is -0.644. The topological polar surface area (TPSA) is 109 Å². The van der Waals surface area contributed by atoms with Gasteiger partial charge in [0.15, 0.2) is 5.58 Å². The Hall–Kier alpha value is -3.41. The summed E-state index contributed by atoms with van der Waals surface area (Å²) in [7, 11) is 0. The molecule has 1 amide bonds. The lowest BCUT2D eigenvalue weighted by atomic mass is 9.96. The number of amides is 1. The summed E-state index contributed by atoms with van der Waals surface area (Å²) in [5.41, 5.74) is 4.17. The van der Waals surface area contributed by atoms with Crippen molar-refractivity contribution in [3.63, 3.8) is 0 Å².